The van der Waals surface area contributed by atoms with E-state index in [-0.39, 0.29) is 0 Å². The van der Waals surface area contributed by atoms with Crippen molar-refractivity contribution in [3.8, 4) is 0 Å². The molecule has 1 aliphatic rings. The Hall–Kier alpha value is 0.180. The van der Waals surface area contributed by atoms with Crippen molar-refractivity contribution in [3.05, 3.63) is 24.3 Å². The van der Waals surface area contributed by atoms with Gasteiger partial charge in [-0.15, -0.1) is 0 Å². The van der Waals surface area contributed by atoms with Crippen LogP contribution in [0.15, 0.2) is 24.3 Å². The third-order valence-electron chi connectivity index (χ3n) is 1.08. The molecule has 0 N–H and O–H groups in total. The van der Waals surface area contributed by atoms with E-state index < -0.39 is 9.96 Å². The van der Waals surface area contributed by atoms with Gasteiger partial charge in [0.2, 0.25) is 5.13 Å². The van der Waals surface area contributed by atoms with Gasteiger partial charge in [-0.1, -0.05) is 45.8 Å². The summed E-state index contributed by atoms with van der Waals surface area (Å²) in [6.45, 7) is 0. The molecular formula is C6H5BrClF. The van der Waals surface area contributed by atoms with Crippen LogP contribution in [0.5, 0.6) is 0 Å². The zero-order valence-corrected chi connectivity index (χ0v) is 6.86. The van der Waals surface area contributed by atoms with Crippen molar-refractivity contribution in [1.29, 1.82) is 0 Å². The molecule has 0 aromatic heterocycles. The predicted molar refractivity (Wildman–Crippen MR) is 40.7 cm³/mol. The normalized spacial score (nSPS) is 41.4. The van der Waals surface area contributed by atoms with Crippen LogP contribution in [0.4, 0.5) is 4.39 Å². The van der Waals surface area contributed by atoms with Crippen molar-refractivity contribution < 1.29 is 4.39 Å². The molecule has 0 saturated heterocycles. The molecule has 0 radical (unpaired) electrons. The minimum Gasteiger partial charge on any atom is -0.220 e. The van der Waals surface area contributed by atoms with Gasteiger partial charge in [0, 0.05) is 0 Å². The van der Waals surface area contributed by atoms with Crippen LogP contribution in [0.2, 0.25) is 0 Å². The average Bonchev–Trinajstić information content (AvgIpc) is 1.77. The Morgan fingerprint density at radius 3 is 2.56 bits per heavy atom. The molecule has 1 aliphatic carbocycles. The van der Waals surface area contributed by atoms with Crippen LogP contribution in [0.25, 0.3) is 0 Å². The highest BCUT2D eigenvalue weighted by atomic mass is 79.9. The molecule has 0 nitrogen and oxygen atoms in total. The Morgan fingerprint density at radius 1 is 1.56 bits per heavy atom. The van der Waals surface area contributed by atoms with Gasteiger partial charge in [0.25, 0.3) is 0 Å². The van der Waals surface area contributed by atoms with Gasteiger partial charge in [0.15, 0.2) is 0 Å². The lowest BCUT2D eigenvalue weighted by Crippen LogP contribution is -2.24. The summed E-state index contributed by atoms with van der Waals surface area (Å²) < 4.78 is 12.8. The van der Waals surface area contributed by atoms with Gasteiger partial charge in [0.1, 0.15) is 0 Å². The summed E-state index contributed by atoms with van der Waals surface area (Å²) >= 11 is 8.44. The van der Waals surface area contributed by atoms with Gasteiger partial charge in [-0.05, 0) is 6.08 Å². The van der Waals surface area contributed by atoms with Gasteiger partial charge in [-0.25, -0.2) is 4.39 Å². The summed E-state index contributed by atoms with van der Waals surface area (Å²) in [5.74, 6) is 0. The first-order chi connectivity index (χ1) is 4.13. The third kappa shape index (κ3) is 1.55. The molecule has 1 rings (SSSR count). The molecule has 0 aliphatic heterocycles. The Labute approximate surface area is 66.5 Å². The molecule has 9 heavy (non-hydrogen) atoms. The fourth-order valence-electron chi connectivity index (χ4n) is 0.566. The monoisotopic (exact) mass is 210 g/mol. The van der Waals surface area contributed by atoms with Crippen molar-refractivity contribution in [2.45, 2.75) is 9.96 Å². The second-order valence-electron chi connectivity index (χ2n) is 1.82. The van der Waals surface area contributed by atoms with Crippen molar-refractivity contribution in [2.75, 3.05) is 0 Å². The summed E-state index contributed by atoms with van der Waals surface area (Å²) in [5, 5.41) is -1.74. The first-order valence-corrected chi connectivity index (χ1v) is 3.80. The SMILES string of the molecule is FC1(Cl)C=CC=CC1Br. The highest BCUT2D eigenvalue weighted by Crippen LogP contribution is 2.32. The van der Waals surface area contributed by atoms with Gasteiger partial charge in [-0.3, -0.25) is 0 Å². The van der Waals surface area contributed by atoms with Gasteiger partial charge in [0.05, 0.1) is 4.83 Å². The molecule has 0 heterocycles. The first-order valence-electron chi connectivity index (χ1n) is 2.51. The van der Waals surface area contributed by atoms with Crippen LogP contribution in [0.3, 0.4) is 0 Å². The molecule has 0 aromatic rings. The minimum absolute atomic E-state index is 0.406. The van der Waals surface area contributed by atoms with Crippen molar-refractivity contribution in [2.24, 2.45) is 0 Å². The maximum Gasteiger partial charge on any atom is 0.218 e. The number of alkyl halides is 3. The topological polar surface area (TPSA) is 0 Å². The van der Waals surface area contributed by atoms with E-state index in [4.69, 9.17) is 11.6 Å². The zero-order chi connectivity index (χ0) is 6.91. The third-order valence-corrected chi connectivity index (χ3v) is 2.67. The fourth-order valence-corrected chi connectivity index (χ4v) is 1.04. The molecule has 0 spiro atoms. The molecule has 0 fully saturated rings. The largest absolute Gasteiger partial charge is 0.220 e. The van der Waals surface area contributed by atoms with Crippen molar-refractivity contribution in [3.63, 3.8) is 0 Å². The van der Waals surface area contributed by atoms with Gasteiger partial charge in [-0.2, -0.15) is 0 Å². The van der Waals surface area contributed by atoms with E-state index in [1.54, 1.807) is 18.2 Å². The lowest BCUT2D eigenvalue weighted by atomic mass is 10.1. The van der Waals surface area contributed by atoms with E-state index in [1.165, 1.54) is 6.08 Å². The summed E-state index contributed by atoms with van der Waals surface area (Å²) in [7, 11) is 0. The van der Waals surface area contributed by atoms with E-state index in [0.29, 0.717) is 0 Å². The number of hydrogen-bond donors (Lipinski definition) is 0. The second-order valence-corrected chi connectivity index (χ2v) is 3.39. The van der Waals surface area contributed by atoms with Crippen molar-refractivity contribution >= 4 is 27.5 Å². The summed E-state index contributed by atoms with van der Waals surface area (Å²) in [6, 6.07) is 0. The fraction of sp³-hybridized carbons (Fsp3) is 0.333. The van der Waals surface area contributed by atoms with Crippen LogP contribution in [0.1, 0.15) is 0 Å². The molecule has 0 bridgehead atoms. The number of allylic oxidation sites excluding steroid dienone is 4. The van der Waals surface area contributed by atoms with Gasteiger partial charge >= 0.3 is 0 Å². The van der Waals surface area contributed by atoms with Crippen LogP contribution in [-0.2, 0) is 0 Å². The highest BCUT2D eigenvalue weighted by Gasteiger charge is 2.31. The smallest absolute Gasteiger partial charge is 0.218 e. The van der Waals surface area contributed by atoms with E-state index in [1.807, 2.05) is 0 Å². The minimum atomic E-state index is -1.74. The summed E-state index contributed by atoms with van der Waals surface area (Å²) in [6.07, 6.45) is 6.31. The Bertz CT molecular complexity index is 162. The van der Waals surface area contributed by atoms with E-state index in [0.717, 1.165) is 0 Å². The zero-order valence-electron chi connectivity index (χ0n) is 4.52. The number of rotatable bonds is 0. The van der Waals surface area contributed by atoms with E-state index in [2.05, 4.69) is 15.9 Å². The lowest BCUT2D eigenvalue weighted by Gasteiger charge is -2.18. The van der Waals surface area contributed by atoms with E-state index >= 15 is 0 Å². The highest BCUT2D eigenvalue weighted by molar-refractivity contribution is 9.09. The van der Waals surface area contributed by atoms with Crippen LogP contribution in [0, 0.1) is 0 Å². The standard InChI is InChI=1S/C6H5BrClF/c7-5-3-1-2-4-6(5,8)9/h1-5H. The molecule has 0 aromatic carbocycles. The maximum atomic E-state index is 12.8. The summed E-state index contributed by atoms with van der Waals surface area (Å²) in [5.41, 5.74) is 0. The number of hydrogen-bond acceptors (Lipinski definition) is 0. The Balaban J connectivity index is 2.78. The molecule has 2 unspecified atom stereocenters. The van der Waals surface area contributed by atoms with E-state index in [9.17, 15) is 4.39 Å². The Morgan fingerprint density at radius 2 is 2.22 bits per heavy atom. The average molecular weight is 211 g/mol. The lowest BCUT2D eigenvalue weighted by molar-refractivity contribution is 0.357. The maximum absolute atomic E-state index is 12.8. The molecule has 2 atom stereocenters. The molecular weight excluding hydrogens is 206 g/mol. The molecule has 3 heteroatoms. The quantitative estimate of drug-likeness (QED) is 0.541. The van der Waals surface area contributed by atoms with Crippen LogP contribution < -0.4 is 0 Å². The Kier molecular flexibility index (Phi) is 1.97. The molecule has 0 amide bonds. The van der Waals surface area contributed by atoms with Crippen LogP contribution >= 0.6 is 27.5 Å². The predicted octanol–water partition coefficient (Wildman–Crippen LogP) is 2.78. The van der Waals surface area contributed by atoms with Crippen molar-refractivity contribution in [1.82, 2.24) is 0 Å². The first kappa shape index (κ1) is 7.29. The molecule has 50 valence electrons. The summed E-state index contributed by atoms with van der Waals surface area (Å²) in [4.78, 5) is -0.406. The van der Waals surface area contributed by atoms with Gasteiger partial charge < -0.3 is 0 Å². The number of halogens is 3. The molecule has 0 saturated carbocycles. The van der Waals surface area contributed by atoms with Crippen LogP contribution in [-0.4, -0.2) is 9.96 Å². The second kappa shape index (κ2) is 2.43.